The molecule has 4 nitrogen and oxygen atoms in total. The van der Waals surface area contributed by atoms with E-state index in [4.69, 9.17) is 9.47 Å². The summed E-state index contributed by atoms with van der Waals surface area (Å²) in [5.74, 6) is 1.60. The van der Waals surface area contributed by atoms with Crippen molar-refractivity contribution in [2.75, 3.05) is 13.2 Å². The zero-order chi connectivity index (χ0) is 14.5. The number of aliphatic hydroxyl groups excluding tert-OH is 1. The molecule has 2 N–H and O–H groups in total. The van der Waals surface area contributed by atoms with Gasteiger partial charge in [-0.1, -0.05) is 0 Å². The zero-order valence-corrected chi connectivity index (χ0v) is 13.6. The van der Waals surface area contributed by atoms with Crippen molar-refractivity contribution in [3.05, 3.63) is 22.2 Å². The molecule has 1 aromatic rings. The second-order valence-corrected chi connectivity index (χ2v) is 6.18. The molecule has 1 aromatic carbocycles. The maximum atomic E-state index is 9.37. The highest BCUT2D eigenvalue weighted by atomic mass is 79.9. The van der Waals surface area contributed by atoms with Crippen LogP contribution in [0.4, 0.5) is 0 Å². The van der Waals surface area contributed by atoms with Crippen LogP contribution in [0.2, 0.25) is 0 Å². The minimum absolute atomic E-state index is 0.268. The van der Waals surface area contributed by atoms with Crippen molar-refractivity contribution in [1.29, 1.82) is 0 Å². The molecule has 0 fully saturated rings. The molecule has 2 atom stereocenters. The first-order chi connectivity index (χ1) is 9.56. The minimum Gasteiger partial charge on any atom is -0.490 e. The average molecular weight is 344 g/mol. The molecule has 5 heteroatoms. The molecule has 0 aromatic heterocycles. The van der Waals surface area contributed by atoms with Crippen LogP contribution in [-0.4, -0.2) is 30.5 Å². The fourth-order valence-electron chi connectivity index (χ4n) is 2.27. The van der Waals surface area contributed by atoms with Gasteiger partial charge in [-0.2, -0.15) is 0 Å². The van der Waals surface area contributed by atoms with Crippen molar-refractivity contribution < 1.29 is 14.6 Å². The van der Waals surface area contributed by atoms with E-state index in [1.54, 1.807) is 0 Å². The van der Waals surface area contributed by atoms with Gasteiger partial charge in [0.15, 0.2) is 11.5 Å². The standard InChI is InChI=1S/C15H22BrNO3/c1-10(6-11(2)18)17-9-12-7-13(16)15-14(8-12)19-4-3-5-20-15/h7-8,10-11,17-18H,3-6,9H2,1-2H3. The van der Waals surface area contributed by atoms with Gasteiger partial charge in [0, 0.05) is 19.0 Å². The van der Waals surface area contributed by atoms with Crippen LogP contribution < -0.4 is 14.8 Å². The average Bonchev–Trinajstić information content (AvgIpc) is 2.61. The monoisotopic (exact) mass is 343 g/mol. The van der Waals surface area contributed by atoms with Crippen molar-refractivity contribution in [2.24, 2.45) is 0 Å². The van der Waals surface area contributed by atoms with Crippen LogP contribution in [0.1, 0.15) is 32.3 Å². The zero-order valence-electron chi connectivity index (χ0n) is 12.0. The second kappa shape index (κ2) is 7.29. The smallest absolute Gasteiger partial charge is 0.175 e. The highest BCUT2D eigenvalue weighted by molar-refractivity contribution is 9.10. The molecule has 0 aliphatic carbocycles. The van der Waals surface area contributed by atoms with Crippen LogP contribution >= 0.6 is 15.9 Å². The quantitative estimate of drug-likeness (QED) is 0.863. The third-order valence-corrected chi connectivity index (χ3v) is 3.80. The molecule has 0 saturated heterocycles. The molecule has 1 aliphatic heterocycles. The molecule has 0 bridgehead atoms. The van der Waals surface area contributed by atoms with Gasteiger partial charge in [0.1, 0.15) is 0 Å². The molecule has 0 radical (unpaired) electrons. The summed E-state index contributed by atoms with van der Waals surface area (Å²) >= 11 is 3.54. The van der Waals surface area contributed by atoms with Gasteiger partial charge in [-0.25, -0.2) is 0 Å². The fourth-order valence-corrected chi connectivity index (χ4v) is 2.88. The van der Waals surface area contributed by atoms with E-state index in [1.807, 2.05) is 13.0 Å². The van der Waals surface area contributed by atoms with Crippen LogP contribution in [-0.2, 0) is 6.54 Å². The molecule has 0 spiro atoms. The van der Waals surface area contributed by atoms with Crippen molar-refractivity contribution in [1.82, 2.24) is 5.32 Å². The molecular formula is C15H22BrNO3. The van der Waals surface area contributed by atoms with Crippen LogP contribution in [0.25, 0.3) is 0 Å². The van der Waals surface area contributed by atoms with E-state index in [0.29, 0.717) is 13.2 Å². The molecule has 2 unspecified atom stereocenters. The van der Waals surface area contributed by atoms with Gasteiger partial charge in [-0.15, -0.1) is 0 Å². The van der Waals surface area contributed by atoms with Crippen LogP contribution in [0.15, 0.2) is 16.6 Å². The summed E-state index contributed by atoms with van der Waals surface area (Å²) in [5.41, 5.74) is 1.14. The molecule has 0 amide bonds. The van der Waals surface area contributed by atoms with Crippen molar-refractivity contribution >= 4 is 15.9 Å². The lowest BCUT2D eigenvalue weighted by atomic mass is 10.1. The predicted molar refractivity (Wildman–Crippen MR) is 82.3 cm³/mol. The molecule has 1 heterocycles. The minimum atomic E-state index is -0.284. The molecule has 0 saturated carbocycles. The maximum absolute atomic E-state index is 9.37. The van der Waals surface area contributed by atoms with Crippen LogP contribution in [0.3, 0.4) is 0 Å². The number of rotatable bonds is 5. The number of nitrogens with one attached hydrogen (secondary N) is 1. The summed E-state index contributed by atoms with van der Waals surface area (Å²) in [4.78, 5) is 0. The highest BCUT2D eigenvalue weighted by Gasteiger charge is 2.15. The summed E-state index contributed by atoms with van der Waals surface area (Å²) in [6.45, 7) is 6.00. The SMILES string of the molecule is CC(O)CC(C)NCc1cc(Br)c2c(c1)OCCCO2. The number of aliphatic hydroxyl groups is 1. The van der Waals surface area contributed by atoms with E-state index in [2.05, 4.69) is 34.2 Å². The van der Waals surface area contributed by atoms with Gasteiger partial charge < -0.3 is 19.9 Å². The predicted octanol–water partition coefficient (Wildman–Crippen LogP) is 2.86. The van der Waals surface area contributed by atoms with Crippen molar-refractivity contribution in [3.63, 3.8) is 0 Å². The molecule has 20 heavy (non-hydrogen) atoms. The van der Waals surface area contributed by atoms with Crippen molar-refractivity contribution in [3.8, 4) is 11.5 Å². The van der Waals surface area contributed by atoms with Crippen LogP contribution in [0.5, 0.6) is 11.5 Å². The Labute approximate surface area is 128 Å². The first-order valence-electron chi connectivity index (χ1n) is 7.05. The van der Waals surface area contributed by atoms with Gasteiger partial charge in [0.25, 0.3) is 0 Å². The Balaban J connectivity index is 2.02. The van der Waals surface area contributed by atoms with E-state index in [1.165, 1.54) is 0 Å². The number of hydrogen-bond donors (Lipinski definition) is 2. The van der Waals surface area contributed by atoms with Gasteiger partial charge in [-0.3, -0.25) is 0 Å². The Morgan fingerprint density at radius 3 is 2.80 bits per heavy atom. The van der Waals surface area contributed by atoms with E-state index in [-0.39, 0.29) is 12.1 Å². The normalized spacial score (nSPS) is 17.4. The van der Waals surface area contributed by atoms with Crippen molar-refractivity contribution in [2.45, 2.75) is 45.4 Å². The Morgan fingerprint density at radius 2 is 2.05 bits per heavy atom. The fraction of sp³-hybridized carbons (Fsp3) is 0.600. The second-order valence-electron chi connectivity index (χ2n) is 5.32. The van der Waals surface area contributed by atoms with Gasteiger partial charge in [-0.05, 0) is 53.9 Å². The van der Waals surface area contributed by atoms with Gasteiger partial charge >= 0.3 is 0 Å². The lowest BCUT2D eigenvalue weighted by Crippen LogP contribution is -2.28. The third kappa shape index (κ3) is 4.36. The van der Waals surface area contributed by atoms with Crippen LogP contribution in [0, 0.1) is 0 Å². The summed E-state index contributed by atoms with van der Waals surface area (Å²) in [6, 6.07) is 4.34. The summed E-state index contributed by atoms with van der Waals surface area (Å²) < 4.78 is 12.3. The van der Waals surface area contributed by atoms with Gasteiger partial charge in [0.2, 0.25) is 0 Å². The summed E-state index contributed by atoms with van der Waals surface area (Å²) in [6.07, 6.45) is 1.36. The van der Waals surface area contributed by atoms with Gasteiger partial charge in [0.05, 0.1) is 23.8 Å². The topological polar surface area (TPSA) is 50.7 Å². The number of ether oxygens (including phenoxy) is 2. The maximum Gasteiger partial charge on any atom is 0.175 e. The molecule has 2 rings (SSSR count). The van der Waals surface area contributed by atoms with E-state index in [9.17, 15) is 5.11 Å². The summed E-state index contributed by atoms with van der Waals surface area (Å²) in [7, 11) is 0. The first-order valence-corrected chi connectivity index (χ1v) is 7.85. The molecule has 1 aliphatic rings. The summed E-state index contributed by atoms with van der Waals surface area (Å²) in [5, 5.41) is 12.8. The third-order valence-electron chi connectivity index (χ3n) is 3.21. The molecular weight excluding hydrogens is 322 g/mol. The number of fused-ring (bicyclic) bond motifs is 1. The molecule has 112 valence electrons. The Kier molecular flexibility index (Phi) is 5.69. The number of halogens is 1. The largest absolute Gasteiger partial charge is 0.490 e. The van der Waals surface area contributed by atoms with E-state index in [0.717, 1.165) is 40.9 Å². The lowest BCUT2D eigenvalue weighted by Gasteiger charge is -2.17. The Hall–Kier alpha value is -0.780. The highest BCUT2D eigenvalue weighted by Crippen LogP contribution is 2.38. The number of hydrogen-bond acceptors (Lipinski definition) is 4. The van der Waals surface area contributed by atoms with E-state index >= 15 is 0 Å². The first kappa shape index (κ1) is 15.6. The lowest BCUT2D eigenvalue weighted by molar-refractivity contribution is 0.170. The Bertz CT molecular complexity index is 451. The number of benzene rings is 1. The Morgan fingerprint density at radius 1 is 1.30 bits per heavy atom. The van der Waals surface area contributed by atoms with E-state index < -0.39 is 0 Å².